The number of likely N-dealkylation sites (tertiary alicyclic amines) is 1. The molecule has 0 spiro atoms. The molecule has 0 amide bonds. The minimum Gasteiger partial charge on any atom is -0.462 e. The van der Waals surface area contributed by atoms with Crippen molar-refractivity contribution in [3.63, 3.8) is 0 Å². The fraction of sp³-hybridized carbons (Fsp3) is 0.562. The lowest BCUT2D eigenvalue weighted by Crippen LogP contribution is -2.33. The Bertz CT molecular complexity index is 499. The lowest BCUT2D eigenvalue weighted by molar-refractivity contribution is 0.0526. The van der Waals surface area contributed by atoms with Gasteiger partial charge in [-0.1, -0.05) is 12.1 Å². The average molecular weight is 259 g/mol. The van der Waals surface area contributed by atoms with Crippen molar-refractivity contribution in [2.45, 2.75) is 25.2 Å². The number of rotatable bonds is 3. The number of nitrogens with zero attached hydrogens (tertiary/aromatic N) is 1. The van der Waals surface area contributed by atoms with Crippen LogP contribution in [-0.4, -0.2) is 37.6 Å². The Morgan fingerprint density at radius 1 is 1.53 bits per heavy atom. The van der Waals surface area contributed by atoms with Crippen LogP contribution in [0.2, 0.25) is 0 Å². The number of carbonyl (C=O) groups is 1. The second-order valence-electron chi connectivity index (χ2n) is 5.87. The molecule has 3 nitrogen and oxygen atoms in total. The number of fused-ring (bicyclic) bond motifs is 1. The average Bonchev–Trinajstić information content (AvgIpc) is 3.14. The van der Waals surface area contributed by atoms with E-state index in [-0.39, 0.29) is 5.97 Å². The predicted molar refractivity (Wildman–Crippen MR) is 74.3 cm³/mol. The van der Waals surface area contributed by atoms with Crippen LogP contribution in [0.1, 0.15) is 35.7 Å². The van der Waals surface area contributed by atoms with Crippen LogP contribution in [0.4, 0.5) is 0 Å². The van der Waals surface area contributed by atoms with E-state index in [1.165, 1.54) is 24.9 Å². The third kappa shape index (κ3) is 2.16. The first-order valence-electron chi connectivity index (χ1n) is 7.12. The summed E-state index contributed by atoms with van der Waals surface area (Å²) in [6, 6.07) is 8.06. The van der Waals surface area contributed by atoms with E-state index in [1.54, 1.807) is 0 Å². The van der Waals surface area contributed by atoms with Crippen molar-refractivity contribution in [1.29, 1.82) is 0 Å². The molecule has 2 atom stereocenters. The number of esters is 1. The van der Waals surface area contributed by atoms with Gasteiger partial charge in [-0.2, -0.15) is 0 Å². The summed E-state index contributed by atoms with van der Waals surface area (Å²) in [5.74, 6) is 0.564. The zero-order chi connectivity index (χ0) is 13.5. The third-order valence-corrected chi connectivity index (χ3v) is 4.65. The fourth-order valence-electron chi connectivity index (χ4n) is 3.45. The van der Waals surface area contributed by atoms with Crippen molar-refractivity contribution < 1.29 is 9.53 Å². The van der Waals surface area contributed by atoms with Gasteiger partial charge < -0.3 is 9.64 Å². The molecule has 3 heteroatoms. The van der Waals surface area contributed by atoms with Crippen LogP contribution in [0.3, 0.4) is 0 Å². The minimum atomic E-state index is -0.203. The van der Waals surface area contributed by atoms with Gasteiger partial charge in [-0.05, 0) is 57.0 Å². The van der Waals surface area contributed by atoms with E-state index in [4.69, 9.17) is 4.74 Å². The molecule has 102 valence electrons. The van der Waals surface area contributed by atoms with E-state index in [2.05, 4.69) is 18.0 Å². The maximum Gasteiger partial charge on any atom is 0.338 e. The highest BCUT2D eigenvalue weighted by molar-refractivity contribution is 5.89. The summed E-state index contributed by atoms with van der Waals surface area (Å²) in [5, 5.41) is 0. The third-order valence-electron chi connectivity index (χ3n) is 4.65. The van der Waals surface area contributed by atoms with E-state index in [9.17, 15) is 4.79 Å². The van der Waals surface area contributed by atoms with Crippen molar-refractivity contribution in [3.8, 4) is 0 Å². The highest BCUT2D eigenvalue weighted by atomic mass is 16.5. The fourth-order valence-corrected chi connectivity index (χ4v) is 3.45. The van der Waals surface area contributed by atoms with Gasteiger partial charge in [0.25, 0.3) is 0 Å². The normalized spacial score (nSPS) is 29.7. The van der Waals surface area contributed by atoms with Crippen molar-refractivity contribution in [2.24, 2.45) is 5.92 Å². The summed E-state index contributed by atoms with van der Waals surface area (Å²) in [6.07, 6.45) is 2.48. The van der Waals surface area contributed by atoms with E-state index >= 15 is 0 Å². The topological polar surface area (TPSA) is 29.5 Å². The maximum absolute atomic E-state index is 11.8. The lowest BCUT2D eigenvalue weighted by atomic mass is 9.86. The molecule has 0 bridgehead atoms. The first kappa shape index (κ1) is 12.7. The minimum absolute atomic E-state index is 0.203. The van der Waals surface area contributed by atoms with Gasteiger partial charge in [-0.3, -0.25) is 0 Å². The van der Waals surface area contributed by atoms with E-state index < -0.39 is 0 Å². The summed E-state index contributed by atoms with van der Waals surface area (Å²) in [5.41, 5.74) is 2.36. The Hall–Kier alpha value is -1.35. The van der Waals surface area contributed by atoms with Crippen molar-refractivity contribution in [1.82, 2.24) is 4.90 Å². The highest BCUT2D eigenvalue weighted by Crippen LogP contribution is 2.59. The Morgan fingerprint density at radius 3 is 3.11 bits per heavy atom. The van der Waals surface area contributed by atoms with E-state index in [1.807, 2.05) is 25.1 Å². The molecule has 3 rings (SSSR count). The Balaban J connectivity index is 1.83. The number of ether oxygens (including phenoxy) is 1. The van der Waals surface area contributed by atoms with Gasteiger partial charge in [-0.25, -0.2) is 4.79 Å². The molecule has 1 aliphatic heterocycles. The van der Waals surface area contributed by atoms with Gasteiger partial charge in [0, 0.05) is 12.0 Å². The van der Waals surface area contributed by atoms with Crippen molar-refractivity contribution in [3.05, 3.63) is 35.4 Å². The number of hydrogen-bond donors (Lipinski definition) is 0. The quantitative estimate of drug-likeness (QED) is 0.781. The molecular formula is C16H21NO2. The van der Waals surface area contributed by atoms with Gasteiger partial charge in [-0.15, -0.1) is 0 Å². The molecule has 1 saturated heterocycles. The second-order valence-corrected chi connectivity index (χ2v) is 5.87. The SMILES string of the molecule is CCOC(=O)c1cccc(C23CCN(C)CC2C3)c1. The molecule has 0 aromatic heterocycles. The number of benzene rings is 1. The van der Waals surface area contributed by atoms with Gasteiger partial charge >= 0.3 is 5.97 Å². The Morgan fingerprint density at radius 2 is 2.37 bits per heavy atom. The standard InChI is InChI=1S/C16H21NO2/c1-3-19-15(18)12-5-4-6-13(9-12)16-7-8-17(2)11-14(16)10-16/h4-6,9,14H,3,7-8,10-11H2,1-2H3. The molecular weight excluding hydrogens is 238 g/mol. The predicted octanol–water partition coefficient (Wildman–Crippen LogP) is 2.46. The molecule has 2 fully saturated rings. The van der Waals surface area contributed by atoms with Gasteiger partial charge in [0.1, 0.15) is 0 Å². The van der Waals surface area contributed by atoms with Crippen LogP contribution in [0, 0.1) is 5.92 Å². The molecule has 2 unspecified atom stereocenters. The first-order valence-corrected chi connectivity index (χ1v) is 7.12. The Labute approximate surface area is 114 Å². The van der Waals surface area contributed by atoms with Crippen LogP contribution in [0.15, 0.2) is 24.3 Å². The highest BCUT2D eigenvalue weighted by Gasteiger charge is 2.56. The molecule has 1 aliphatic carbocycles. The summed E-state index contributed by atoms with van der Waals surface area (Å²) >= 11 is 0. The number of hydrogen-bond acceptors (Lipinski definition) is 3. The maximum atomic E-state index is 11.8. The molecule has 1 saturated carbocycles. The van der Waals surface area contributed by atoms with E-state index in [0.717, 1.165) is 12.5 Å². The largest absolute Gasteiger partial charge is 0.462 e. The summed E-state index contributed by atoms with van der Waals surface area (Å²) in [4.78, 5) is 14.2. The van der Waals surface area contributed by atoms with Crippen LogP contribution in [0.5, 0.6) is 0 Å². The summed E-state index contributed by atoms with van der Waals surface area (Å²) < 4.78 is 5.09. The van der Waals surface area contributed by atoms with Crippen molar-refractivity contribution >= 4 is 5.97 Å². The monoisotopic (exact) mass is 259 g/mol. The Kier molecular flexibility index (Phi) is 3.09. The lowest BCUT2D eigenvalue weighted by Gasteiger charge is -2.29. The molecule has 1 aromatic carbocycles. The molecule has 19 heavy (non-hydrogen) atoms. The van der Waals surface area contributed by atoms with Crippen LogP contribution in [-0.2, 0) is 10.2 Å². The smallest absolute Gasteiger partial charge is 0.338 e. The molecule has 0 N–H and O–H groups in total. The zero-order valence-corrected chi connectivity index (χ0v) is 11.7. The van der Waals surface area contributed by atoms with Crippen molar-refractivity contribution in [2.75, 3.05) is 26.7 Å². The second kappa shape index (κ2) is 4.64. The van der Waals surface area contributed by atoms with Gasteiger partial charge in [0.15, 0.2) is 0 Å². The number of piperidine rings is 1. The summed E-state index contributed by atoms with van der Waals surface area (Å²) in [7, 11) is 2.19. The molecule has 0 radical (unpaired) electrons. The van der Waals surface area contributed by atoms with Crippen LogP contribution < -0.4 is 0 Å². The number of carbonyl (C=O) groups excluding carboxylic acids is 1. The zero-order valence-electron chi connectivity index (χ0n) is 11.7. The molecule has 1 heterocycles. The summed E-state index contributed by atoms with van der Waals surface area (Å²) in [6.45, 7) is 4.61. The van der Waals surface area contributed by atoms with E-state index in [0.29, 0.717) is 17.6 Å². The molecule has 1 aromatic rings. The van der Waals surface area contributed by atoms with Gasteiger partial charge in [0.05, 0.1) is 12.2 Å². The van der Waals surface area contributed by atoms with Gasteiger partial charge in [0.2, 0.25) is 0 Å². The first-order chi connectivity index (χ1) is 9.15. The van der Waals surface area contributed by atoms with Crippen LogP contribution in [0.25, 0.3) is 0 Å². The van der Waals surface area contributed by atoms with Crippen LogP contribution >= 0.6 is 0 Å². The molecule has 2 aliphatic rings.